The van der Waals surface area contributed by atoms with Crippen molar-refractivity contribution in [2.75, 3.05) is 6.54 Å². The molecule has 1 aliphatic heterocycles. The molecule has 1 atom stereocenters. The van der Waals surface area contributed by atoms with Gasteiger partial charge in [0.1, 0.15) is 5.75 Å². The van der Waals surface area contributed by atoms with Gasteiger partial charge in [-0.25, -0.2) is 0 Å². The molecule has 2 N–H and O–H groups in total. The van der Waals surface area contributed by atoms with Gasteiger partial charge in [0.25, 0.3) is 0 Å². The van der Waals surface area contributed by atoms with Crippen LogP contribution in [0.2, 0.25) is 0 Å². The highest BCUT2D eigenvalue weighted by Gasteiger charge is 2.22. The minimum atomic E-state index is 0.140. The van der Waals surface area contributed by atoms with Crippen LogP contribution in [0.4, 0.5) is 0 Å². The van der Waals surface area contributed by atoms with E-state index in [1.807, 2.05) is 12.1 Å². The third-order valence-corrected chi connectivity index (χ3v) is 3.33. The second kappa shape index (κ2) is 4.10. The van der Waals surface area contributed by atoms with Crippen molar-refractivity contribution >= 4 is 0 Å². The summed E-state index contributed by atoms with van der Waals surface area (Å²) in [6.07, 6.45) is 2.32. The number of benzene rings is 1. The normalized spacial score (nSPS) is 21.3. The highest BCUT2D eigenvalue weighted by molar-refractivity contribution is 5.41. The summed E-state index contributed by atoms with van der Waals surface area (Å²) in [4.78, 5) is 0. The molecule has 0 unspecified atom stereocenters. The van der Waals surface area contributed by atoms with Gasteiger partial charge >= 0.3 is 0 Å². The van der Waals surface area contributed by atoms with E-state index in [4.69, 9.17) is 0 Å². The van der Waals surface area contributed by atoms with Crippen molar-refractivity contribution in [2.45, 2.75) is 45.1 Å². The van der Waals surface area contributed by atoms with Crippen molar-refractivity contribution in [1.29, 1.82) is 0 Å². The highest BCUT2D eigenvalue weighted by atomic mass is 16.3. The molecule has 1 heterocycles. The summed E-state index contributed by atoms with van der Waals surface area (Å²) in [5, 5.41) is 13.4. The van der Waals surface area contributed by atoms with Gasteiger partial charge in [0, 0.05) is 11.6 Å². The SMILES string of the molecule is CC(C)(C)c1ccc(O)c([C@H]2CCCN2)c1. The van der Waals surface area contributed by atoms with Gasteiger partial charge in [0.2, 0.25) is 0 Å². The van der Waals surface area contributed by atoms with E-state index < -0.39 is 0 Å². The molecule has 0 amide bonds. The van der Waals surface area contributed by atoms with Crippen LogP contribution in [0.5, 0.6) is 5.75 Å². The van der Waals surface area contributed by atoms with Gasteiger partial charge < -0.3 is 10.4 Å². The Labute approximate surface area is 97.7 Å². The van der Waals surface area contributed by atoms with Crippen LogP contribution in [-0.2, 0) is 5.41 Å². The predicted octanol–water partition coefficient (Wildman–Crippen LogP) is 3.11. The van der Waals surface area contributed by atoms with Crippen molar-refractivity contribution in [3.05, 3.63) is 29.3 Å². The molecular weight excluding hydrogens is 198 g/mol. The molecule has 16 heavy (non-hydrogen) atoms. The molecule has 0 aromatic heterocycles. The summed E-state index contributed by atoms with van der Waals surface area (Å²) < 4.78 is 0. The molecular formula is C14H21NO. The summed E-state index contributed by atoms with van der Waals surface area (Å²) >= 11 is 0. The molecule has 0 radical (unpaired) electrons. The number of phenols is 1. The van der Waals surface area contributed by atoms with Crippen molar-refractivity contribution in [3.8, 4) is 5.75 Å². The number of phenolic OH excluding ortho intramolecular Hbond substituents is 1. The first-order valence-electron chi connectivity index (χ1n) is 6.05. The van der Waals surface area contributed by atoms with E-state index in [0.717, 1.165) is 18.5 Å². The van der Waals surface area contributed by atoms with Crippen molar-refractivity contribution < 1.29 is 5.11 Å². The average molecular weight is 219 g/mol. The van der Waals surface area contributed by atoms with Crippen molar-refractivity contribution in [1.82, 2.24) is 5.32 Å². The smallest absolute Gasteiger partial charge is 0.120 e. The molecule has 0 saturated carbocycles. The van der Waals surface area contributed by atoms with E-state index >= 15 is 0 Å². The zero-order valence-corrected chi connectivity index (χ0v) is 10.4. The van der Waals surface area contributed by atoms with Crippen LogP contribution in [0, 0.1) is 0 Å². The molecule has 1 aliphatic rings. The van der Waals surface area contributed by atoms with E-state index in [1.165, 1.54) is 12.0 Å². The van der Waals surface area contributed by atoms with E-state index in [2.05, 4.69) is 32.2 Å². The average Bonchev–Trinajstić information content (AvgIpc) is 2.69. The molecule has 1 aromatic carbocycles. The second-order valence-electron chi connectivity index (χ2n) is 5.67. The first-order valence-corrected chi connectivity index (χ1v) is 6.05. The minimum absolute atomic E-state index is 0.140. The summed E-state index contributed by atoms with van der Waals surface area (Å²) in [5.41, 5.74) is 2.49. The van der Waals surface area contributed by atoms with Gasteiger partial charge in [0.15, 0.2) is 0 Å². The Morgan fingerprint density at radius 3 is 2.62 bits per heavy atom. The fraction of sp³-hybridized carbons (Fsp3) is 0.571. The maximum atomic E-state index is 9.92. The Morgan fingerprint density at radius 2 is 2.06 bits per heavy atom. The quantitative estimate of drug-likeness (QED) is 0.760. The number of aromatic hydroxyl groups is 1. The Kier molecular flexibility index (Phi) is 2.94. The number of hydrogen-bond acceptors (Lipinski definition) is 2. The molecule has 1 aromatic rings. The first kappa shape index (κ1) is 11.5. The molecule has 0 aliphatic carbocycles. The van der Waals surface area contributed by atoms with Gasteiger partial charge in [-0.15, -0.1) is 0 Å². The van der Waals surface area contributed by atoms with Gasteiger partial charge in [-0.2, -0.15) is 0 Å². The summed E-state index contributed by atoms with van der Waals surface area (Å²) in [7, 11) is 0. The zero-order valence-electron chi connectivity index (χ0n) is 10.4. The van der Waals surface area contributed by atoms with Crippen molar-refractivity contribution in [2.24, 2.45) is 0 Å². The van der Waals surface area contributed by atoms with Crippen LogP contribution in [-0.4, -0.2) is 11.7 Å². The number of nitrogens with one attached hydrogen (secondary N) is 1. The monoisotopic (exact) mass is 219 g/mol. The van der Waals surface area contributed by atoms with Gasteiger partial charge in [-0.3, -0.25) is 0 Å². The molecule has 1 saturated heterocycles. The Bertz CT molecular complexity index is 373. The Morgan fingerprint density at radius 1 is 1.31 bits per heavy atom. The van der Waals surface area contributed by atoms with Crippen molar-refractivity contribution in [3.63, 3.8) is 0 Å². The lowest BCUT2D eigenvalue weighted by Crippen LogP contribution is -2.16. The highest BCUT2D eigenvalue weighted by Crippen LogP contribution is 2.34. The Hall–Kier alpha value is -1.02. The fourth-order valence-electron chi connectivity index (χ4n) is 2.25. The third-order valence-electron chi connectivity index (χ3n) is 3.33. The molecule has 0 bridgehead atoms. The van der Waals surface area contributed by atoms with E-state index in [1.54, 1.807) is 0 Å². The van der Waals surface area contributed by atoms with Gasteiger partial charge in [-0.1, -0.05) is 32.9 Å². The number of hydrogen-bond donors (Lipinski definition) is 2. The molecule has 88 valence electrons. The summed E-state index contributed by atoms with van der Waals surface area (Å²) in [6, 6.07) is 6.34. The molecule has 2 nitrogen and oxygen atoms in total. The van der Waals surface area contributed by atoms with E-state index in [9.17, 15) is 5.11 Å². The summed E-state index contributed by atoms with van der Waals surface area (Å²) in [5.74, 6) is 0.424. The van der Waals surface area contributed by atoms with E-state index in [-0.39, 0.29) is 5.41 Å². The van der Waals surface area contributed by atoms with Crippen LogP contribution in [0.1, 0.15) is 50.8 Å². The molecule has 0 spiro atoms. The topological polar surface area (TPSA) is 32.3 Å². The fourth-order valence-corrected chi connectivity index (χ4v) is 2.25. The maximum absolute atomic E-state index is 9.92. The first-order chi connectivity index (χ1) is 7.48. The largest absolute Gasteiger partial charge is 0.508 e. The van der Waals surface area contributed by atoms with Crippen LogP contribution >= 0.6 is 0 Å². The lowest BCUT2D eigenvalue weighted by molar-refractivity contribution is 0.455. The minimum Gasteiger partial charge on any atom is -0.508 e. The zero-order chi connectivity index (χ0) is 11.8. The molecule has 1 fully saturated rings. The maximum Gasteiger partial charge on any atom is 0.120 e. The molecule has 2 heteroatoms. The summed E-state index contributed by atoms with van der Waals surface area (Å²) in [6.45, 7) is 7.66. The third kappa shape index (κ3) is 2.22. The van der Waals surface area contributed by atoms with Crippen LogP contribution in [0.3, 0.4) is 0 Å². The number of rotatable bonds is 1. The van der Waals surface area contributed by atoms with Gasteiger partial charge in [-0.05, 0) is 36.4 Å². The van der Waals surface area contributed by atoms with Crippen LogP contribution in [0.25, 0.3) is 0 Å². The predicted molar refractivity (Wildman–Crippen MR) is 66.8 cm³/mol. The van der Waals surface area contributed by atoms with Crippen LogP contribution < -0.4 is 5.32 Å². The second-order valence-corrected chi connectivity index (χ2v) is 5.67. The lowest BCUT2D eigenvalue weighted by atomic mass is 9.85. The standard InChI is InChI=1S/C14H21NO/c1-14(2,3)10-6-7-13(16)11(9-10)12-5-4-8-15-12/h6-7,9,12,15-16H,4-5,8H2,1-3H3/t12-/m1/s1. The van der Waals surface area contributed by atoms with E-state index in [0.29, 0.717) is 11.8 Å². The van der Waals surface area contributed by atoms with Crippen LogP contribution in [0.15, 0.2) is 18.2 Å². The Balaban J connectivity index is 2.36. The van der Waals surface area contributed by atoms with Gasteiger partial charge in [0.05, 0.1) is 0 Å². The lowest BCUT2D eigenvalue weighted by Gasteiger charge is -2.22. The molecule has 2 rings (SSSR count).